The van der Waals surface area contributed by atoms with Crippen molar-refractivity contribution in [2.45, 2.75) is 90.6 Å². The summed E-state index contributed by atoms with van der Waals surface area (Å²) in [6.07, 6.45) is 8.52. The van der Waals surface area contributed by atoms with Crippen molar-refractivity contribution in [2.24, 2.45) is 0 Å². The van der Waals surface area contributed by atoms with Crippen LogP contribution in [0.3, 0.4) is 0 Å². The first-order chi connectivity index (χ1) is 11.4. The van der Waals surface area contributed by atoms with E-state index in [1.54, 1.807) is 6.92 Å². The Bertz CT molecular complexity index is 518. The second-order valence-corrected chi connectivity index (χ2v) is 7.37. The molecule has 3 heteroatoms. The van der Waals surface area contributed by atoms with Crippen LogP contribution in [0.1, 0.15) is 82.1 Å². The Morgan fingerprint density at radius 2 is 1.62 bits per heavy atom. The van der Waals surface area contributed by atoms with E-state index in [2.05, 4.69) is 6.92 Å². The van der Waals surface area contributed by atoms with Gasteiger partial charge in [-0.3, -0.25) is 4.79 Å². The van der Waals surface area contributed by atoms with Crippen molar-refractivity contribution < 1.29 is 14.3 Å². The van der Waals surface area contributed by atoms with Gasteiger partial charge in [-0.25, -0.2) is 0 Å². The van der Waals surface area contributed by atoms with Gasteiger partial charge in [-0.05, 0) is 32.8 Å². The zero-order valence-electron chi connectivity index (χ0n) is 15.6. The summed E-state index contributed by atoms with van der Waals surface area (Å²) in [5.41, 5.74) is 1.96. The maximum atomic E-state index is 11.4. The molecule has 1 aliphatic heterocycles. The molecule has 1 aromatic rings. The van der Waals surface area contributed by atoms with Crippen molar-refractivity contribution in [3.8, 4) is 0 Å². The second kappa shape index (κ2) is 8.77. The molecule has 0 aromatic heterocycles. The van der Waals surface area contributed by atoms with Crippen LogP contribution in [0.15, 0.2) is 24.3 Å². The number of hydrogen-bond acceptors (Lipinski definition) is 3. The smallest absolute Gasteiger partial charge is 0.163 e. The minimum absolute atomic E-state index is 0.0920. The first kappa shape index (κ1) is 19.1. The fraction of sp³-hybridized carbons (Fsp3) is 0.667. The summed E-state index contributed by atoms with van der Waals surface area (Å²) in [5.74, 6) is -0.397. The third-order valence-corrected chi connectivity index (χ3v) is 4.67. The molecule has 3 nitrogen and oxygen atoms in total. The number of hydrogen-bond donors (Lipinski definition) is 0. The third-order valence-electron chi connectivity index (χ3n) is 4.67. The van der Waals surface area contributed by atoms with Crippen molar-refractivity contribution >= 4 is 5.78 Å². The van der Waals surface area contributed by atoms with Crippen LogP contribution in [0.2, 0.25) is 0 Å². The average molecular weight is 332 g/mol. The maximum Gasteiger partial charge on any atom is 0.163 e. The number of Topliss-reactive ketones (excluding diaryl/α,β-unsaturated/α-hetero) is 1. The molecule has 2 unspecified atom stereocenters. The largest absolute Gasteiger partial charge is 0.345 e. The molecule has 2 rings (SSSR count). The zero-order valence-corrected chi connectivity index (χ0v) is 15.6. The van der Waals surface area contributed by atoms with Crippen molar-refractivity contribution in [1.29, 1.82) is 0 Å². The lowest BCUT2D eigenvalue weighted by Gasteiger charge is -2.17. The van der Waals surface area contributed by atoms with E-state index < -0.39 is 5.79 Å². The quantitative estimate of drug-likeness (QED) is 0.454. The summed E-state index contributed by atoms with van der Waals surface area (Å²) < 4.78 is 12.3. The number of ketones is 1. The van der Waals surface area contributed by atoms with Gasteiger partial charge in [0.15, 0.2) is 11.6 Å². The third kappa shape index (κ3) is 5.71. The molecule has 24 heavy (non-hydrogen) atoms. The van der Waals surface area contributed by atoms with Gasteiger partial charge in [0, 0.05) is 12.0 Å². The van der Waals surface area contributed by atoms with Gasteiger partial charge >= 0.3 is 0 Å². The molecule has 0 spiro atoms. The number of carbonyl (C=O) groups excluding carboxylic acids is 1. The number of carbonyl (C=O) groups is 1. The molecular formula is C21H32O3. The topological polar surface area (TPSA) is 35.5 Å². The summed E-state index contributed by atoms with van der Waals surface area (Å²) in [5, 5.41) is 0. The lowest BCUT2D eigenvalue weighted by molar-refractivity contribution is -0.146. The summed E-state index contributed by atoms with van der Waals surface area (Å²) in [6.45, 7) is 7.83. The van der Waals surface area contributed by atoms with E-state index in [9.17, 15) is 4.79 Å². The van der Waals surface area contributed by atoms with Crippen LogP contribution in [-0.4, -0.2) is 23.8 Å². The van der Waals surface area contributed by atoms with Gasteiger partial charge in [-0.1, -0.05) is 63.3 Å². The van der Waals surface area contributed by atoms with E-state index in [-0.39, 0.29) is 18.0 Å². The summed E-state index contributed by atoms with van der Waals surface area (Å²) >= 11 is 0. The van der Waals surface area contributed by atoms with Gasteiger partial charge in [-0.15, -0.1) is 0 Å². The molecule has 1 aliphatic rings. The summed E-state index contributed by atoms with van der Waals surface area (Å²) in [6, 6.07) is 7.87. The maximum absolute atomic E-state index is 11.4. The Balaban J connectivity index is 1.91. The monoisotopic (exact) mass is 332 g/mol. The Labute approximate surface area is 146 Å². The van der Waals surface area contributed by atoms with Gasteiger partial charge in [0.2, 0.25) is 0 Å². The average Bonchev–Trinajstić information content (AvgIpc) is 2.81. The fourth-order valence-electron chi connectivity index (χ4n) is 3.38. The Morgan fingerprint density at radius 1 is 1.00 bits per heavy atom. The molecular weight excluding hydrogens is 300 g/mol. The van der Waals surface area contributed by atoms with Crippen LogP contribution in [0.5, 0.6) is 0 Å². The molecule has 134 valence electrons. The van der Waals surface area contributed by atoms with E-state index >= 15 is 0 Å². The van der Waals surface area contributed by atoms with Crippen LogP contribution in [0, 0.1) is 0 Å². The Hall–Kier alpha value is -1.19. The van der Waals surface area contributed by atoms with E-state index in [1.165, 1.54) is 37.7 Å². The first-order valence-electron chi connectivity index (χ1n) is 9.37. The van der Waals surface area contributed by atoms with Gasteiger partial charge in [0.05, 0.1) is 12.2 Å². The SMILES string of the molecule is CCCCCCCC1OC(C)(C)OC1Cc1ccc(C(C)=O)cc1. The van der Waals surface area contributed by atoms with Crippen molar-refractivity contribution in [1.82, 2.24) is 0 Å². The number of rotatable bonds is 9. The number of benzene rings is 1. The molecule has 1 saturated heterocycles. The molecule has 0 saturated carbocycles. The Kier molecular flexibility index (Phi) is 7.00. The van der Waals surface area contributed by atoms with Crippen LogP contribution in [-0.2, 0) is 15.9 Å². The molecule has 1 aromatic carbocycles. The van der Waals surface area contributed by atoms with E-state index in [0.29, 0.717) is 0 Å². The summed E-state index contributed by atoms with van der Waals surface area (Å²) in [7, 11) is 0. The van der Waals surface area contributed by atoms with Crippen molar-refractivity contribution in [3.05, 3.63) is 35.4 Å². The van der Waals surface area contributed by atoms with Crippen LogP contribution < -0.4 is 0 Å². The first-order valence-corrected chi connectivity index (χ1v) is 9.37. The molecule has 0 N–H and O–H groups in total. The predicted octanol–water partition coefficient (Wildman–Crippen LogP) is 5.31. The van der Waals surface area contributed by atoms with E-state index in [0.717, 1.165) is 18.4 Å². The molecule has 0 aliphatic carbocycles. The van der Waals surface area contributed by atoms with Crippen LogP contribution in [0.25, 0.3) is 0 Å². The highest BCUT2D eigenvalue weighted by atomic mass is 16.7. The fourth-order valence-corrected chi connectivity index (χ4v) is 3.38. The highest BCUT2D eigenvalue weighted by Crippen LogP contribution is 2.33. The molecule has 1 fully saturated rings. The van der Waals surface area contributed by atoms with Gasteiger partial charge < -0.3 is 9.47 Å². The lowest BCUT2D eigenvalue weighted by atomic mass is 9.98. The zero-order chi connectivity index (χ0) is 17.6. The normalized spacial score (nSPS) is 22.7. The number of ether oxygens (including phenoxy) is 2. The highest BCUT2D eigenvalue weighted by molar-refractivity contribution is 5.93. The minimum atomic E-state index is -0.502. The molecule has 0 radical (unpaired) electrons. The van der Waals surface area contributed by atoms with Crippen LogP contribution >= 0.6 is 0 Å². The molecule has 2 atom stereocenters. The van der Waals surface area contributed by atoms with Crippen molar-refractivity contribution in [2.75, 3.05) is 0 Å². The summed E-state index contributed by atoms with van der Waals surface area (Å²) in [4.78, 5) is 11.4. The van der Waals surface area contributed by atoms with E-state index in [1.807, 2.05) is 38.1 Å². The highest BCUT2D eigenvalue weighted by Gasteiger charge is 2.40. The molecule has 1 heterocycles. The predicted molar refractivity (Wildman–Crippen MR) is 97.4 cm³/mol. The van der Waals surface area contributed by atoms with Gasteiger partial charge in [0.1, 0.15) is 0 Å². The number of unbranched alkanes of at least 4 members (excludes halogenated alkanes) is 4. The minimum Gasteiger partial charge on any atom is -0.345 e. The van der Waals surface area contributed by atoms with E-state index in [4.69, 9.17) is 9.47 Å². The van der Waals surface area contributed by atoms with Gasteiger partial charge in [0.25, 0.3) is 0 Å². The second-order valence-electron chi connectivity index (χ2n) is 7.37. The molecule has 0 amide bonds. The molecule has 0 bridgehead atoms. The standard InChI is InChI=1S/C21H32O3/c1-5-6-7-8-9-10-19-20(24-21(3,4)23-19)15-17-11-13-18(14-12-17)16(2)22/h11-14,19-20H,5-10,15H2,1-4H3. The van der Waals surface area contributed by atoms with Gasteiger partial charge in [-0.2, -0.15) is 0 Å². The lowest BCUT2D eigenvalue weighted by Crippen LogP contribution is -2.25. The Morgan fingerprint density at radius 3 is 2.25 bits per heavy atom. The van der Waals surface area contributed by atoms with Crippen LogP contribution in [0.4, 0.5) is 0 Å². The van der Waals surface area contributed by atoms with Crippen molar-refractivity contribution in [3.63, 3.8) is 0 Å².